The molecule has 0 saturated carbocycles. The lowest BCUT2D eigenvalue weighted by molar-refractivity contribution is -0.161. The van der Waals surface area contributed by atoms with E-state index >= 15 is 0 Å². The van der Waals surface area contributed by atoms with Crippen LogP contribution >= 0.6 is 15.6 Å². The number of rotatable bonds is 92. The molecule has 7 atom stereocenters. The van der Waals surface area contributed by atoms with E-state index in [0.29, 0.717) is 25.7 Å². The lowest BCUT2D eigenvalue weighted by Crippen LogP contribution is -2.30. The highest BCUT2D eigenvalue weighted by atomic mass is 31.2. The number of hydrogen-bond acceptors (Lipinski definition) is 15. The molecule has 113 heavy (non-hydrogen) atoms. The van der Waals surface area contributed by atoms with E-state index in [1.165, 1.54) is 315 Å². The summed E-state index contributed by atoms with van der Waals surface area (Å²) in [5.41, 5.74) is 0. The Kier molecular flexibility index (Phi) is 82.3. The second kappa shape index (κ2) is 83.7. The first-order chi connectivity index (χ1) is 54.8. The maximum Gasteiger partial charge on any atom is 0.472 e. The summed E-state index contributed by atoms with van der Waals surface area (Å²) < 4.78 is 69.1. The number of phosphoric ester groups is 2. The summed E-state index contributed by atoms with van der Waals surface area (Å²) in [6.45, 7) is 12.2. The average Bonchev–Trinajstić information content (AvgIpc) is 0.898. The summed E-state index contributed by atoms with van der Waals surface area (Å²) >= 11 is 0. The van der Waals surface area contributed by atoms with Gasteiger partial charge < -0.3 is 33.8 Å². The number of unbranched alkanes of at least 4 members (excludes halogenated alkanes) is 58. The smallest absolute Gasteiger partial charge is 0.462 e. The maximum absolute atomic E-state index is 13.2. The number of hydrogen-bond donors (Lipinski definition) is 3. The second-order valence-corrected chi connectivity index (χ2v) is 37.6. The van der Waals surface area contributed by atoms with Gasteiger partial charge in [0.2, 0.25) is 0 Å². The van der Waals surface area contributed by atoms with Crippen LogP contribution < -0.4 is 0 Å². The third-order valence-corrected chi connectivity index (χ3v) is 24.8. The van der Waals surface area contributed by atoms with E-state index < -0.39 is 97.5 Å². The standard InChI is InChI=1S/C94H184O17P2/c1-8-11-12-13-14-15-37-47-54-61-68-75-91(96)104-81-89(110-94(99)78-71-64-57-50-43-36-30-24-25-31-38-44-51-58-65-72-85(4)5)83-108-112(100,101)106-79-88(95)80-107-113(102,103)109-84-90(111-93(98)77-70-63-56-49-42-35-29-23-19-17-21-27-33-40-46-53-60-67-74-87(7)10-3)82-105-92(97)76-69-62-55-48-41-34-28-22-18-16-20-26-32-39-45-52-59-66-73-86(6)9-2/h85-90,95H,8-84H2,1-7H3,(H,100,101)(H,102,103)/t86?,87?,88-,89+,90+/m0/s1. The SMILES string of the molecule is CCCCCCCCCCCCCC(=O)OC[C@H](COP(=O)(O)OC[C@H](O)COP(=O)(O)OC[C@@H](COC(=O)CCCCCCCCCCCCCCCCCCCCC(C)CC)OC(=O)CCCCCCCCCCCCCCCCCCCCC(C)CC)OC(=O)CCCCCCCCCCCCCCCCCC(C)C. The zero-order valence-electron chi connectivity index (χ0n) is 74.9. The molecule has 0 fully saturated rings. The first-order valence-corrected chi connectivity index (χ1v) is 51.4. The highest BCUT2D eigenvalue weighted by Crippen LogP contribution is 2.45. The van der Waals surface area contributed by atoms with Gasteiger partial charge in [-0.2, -0.15) is 0 Å². The van der Waals surface area contributed by atoms with Crippen LogP contribution in [0.4, 0.5) is 0 Å². The van der Waals surface area contributed by atoms with Crippen molar-refractivity contribution in [1.29, 1.82) is 0 Å². The van der Waals surface area contributed by atoms with Crippen LogP contribution in [0.3, 0.4) is 0 Å². The molecule has 17 nitrogen and oxygen atoms in total. The fourth-order valence-electron chi connectivity index (χ4n) is 14.7. The fraction of sp³-hybridized carbons (Fsp3) is 0.957. The van der Waals surface area contributed by atoms with Crippen molar-refractivity contribution in [1.82, 2.24) is 0 Å². The molecule has 0 amide bonds. The molecule has 0 aliphatic carbocycles. The van der Waals surface area contributed by atoms with E-state index in [-0.39, 0.29) is 25.7 Å². The van der Waals surface area contributed by atoms with Gasteiger partial charge in [0.15, 0.2) is 12.2 Å². The molecule has 0 aromatic rings. The molecule has 0 bridgehead atoms. The summed E-state index contributed by atoms with van der Waals surface area (Å²) in [5.74, 6) is 0.454. The first-order valence-electron chi connectivity index (χ1n) is 48.4. The molecule has 0 saturated heterocycles. The van der Waals surface area contributed by atoms with Crippen LogP contribution in [0.1, 0.15) is 504 Å². The van der Waals surface area contributed by atoms with E-state index in [9.17, 15) is 43.2 Å². The average molecular weight is 1650 g/mol. The monoisotopic (exact) mass is 1650 g/mol. The molecule has 0 aromatic carbocycles. The minimum atomic E-state index is -4.97. The fourth-order valence-corrected chi connectivity index (χ4v) is 16.3. The molecule has 0 radical (unpaired) electrons. The molecule has 0 aromatic heterocycles. The van der Waals surface area contributed by atoms with Crippen molar-refractivity contribution >= 4 is 39.5 Å². The first kappa shape index (κ1) is 111. The Hall–Kier alpha value is -1.94. The normalized spacial score (nSPS) is 14.2. The molecule has 0 aliphatic heterocycles. The molecule has 672 valence electrons. The largest absolute Gasteiger partial charge is 0.472 e. The van der Waals surface area contributed by atoms with Gasteiger partial charge in [-0.1, -0.05) is 453 Å². The quantitative estimate of drug-likeness (QED) is 0.0222. The number of esters is 4. The van der Waals surface area contributed by atoms with Crippen molar-refractivity contribution in [3.8, 4) is 0 Å². The minimum Gasteiger partial charge on any atom is -0.462 e. The predicted octanol–water partition coefficient (Wildman–Crippen LogP) is 29.2. The van der Waals surface area contributed by atoms with Gasteiger partial charge in [-0.05, 0) is 43.4 Å². The van der Waals surface area contributed by atoms with Crippen LogP contribution in [0.25, 0.3) is 0 Å². The summed E-state index contributed by atoms with van der Waals surface area (Å²) in [7, 11) is -9.94. The number of aliphatic hydroxyl groups is 1. The molecule has 0 rings (SSSR count). The van der Waals surface area contributed by atoms with Crippen molar-refractivity contribution < 1.29 is 80.2 Å². The van der Waals surface area contributed by atoms with Gasteiger partial charge in [0.05, 0.1) is 26.4 Å². The Bertz CT molecular complexity index is 2170. The van der Waals surface area contributed by atoms with Gasteiger partial charge in [0, 0.05) is 25.7 Å². The predicted molar refractivity (Wildman–Crippen MR) is 469 cm³/mol. The highest BCUT2D eigenvalue weighted by molar-refractivity contribution is 7.47. The Morgan fingerprint density at radius 3 is 0.673 bits per heavy atom. The number of phosphoric acid groups is 2. The molecule has 3 N–H and O–H groups in total. The van der Waals surface area contributed by atoms with E-state index in [0.717, 1.165) is 108 Å². The Balaban J connectivity index is 5.23. The van der Waals surface area contributed by atoms with Crippen LogP contribution in [0, 0.1) is 17.8 Å². The highest BCUT2D eigenvalue weighted by Gasteiger charge is 2.31. The van der Waals surface area contributed by atoms with Crippen molar-refractivity contribution in [2.45, 2.75) is 523 Å². The van der Waals surface area contributed by atoms with E-state index in [2.05, 4.69) is 48.5 Å². The van der Waals surface area contributed by atoms with Gasteiger partial charge in [-0.25, -0.2) is 9.13 Å². The van der Waals surface area contributed by atoms with Crippen molar-refractivity contribution in [2.24, 2.45) is 17.8 Å². The van der Waals surface area contributed by atoms with Gasteiger partial charge >= 0.3 is 39.5 Å². The molecule has 4 unspecified atom stereocenters. The summed E-state index contributed by atoms with van der Waals surface area (Å²) in [4.78, 5) is 73.5. The van der Waals surface area contributed by atoms with Crippen LogP contribution in [0.2, 0.25) is 0 Å². The Labute approximate surface area is 696 Å². The summed E-state index contributed by atoms with van der Waals surface area (Å²) in [5, 5.41) is 10.7. The number of carbonyl (C=O) groups is 4. The molecular formula is C94H184O17P2. The van der Waals surface area contributed by atoms with Crippen LogP contribution in [0.5, 0.6) is 0 Å². The van der Waals surface area contributed by atoms with Gasteiger partial charge in [0.1, 0.15) is 19.3 Å². The molecule has 0 aliphatic rings. The number of aliphatic hydroxyl groups excluding tert-OH is 1. The zero-order valence-corrected chi connectivity index (χ0v) is 76.7. The third kappa shape index (κ3) is 84.9. The second-order valence-electron chi connectivity index (χ2n) is 34.7. The van der Waals surface area contributed by atoms with Crippen LogP contribution in [-0.2, 0) is 65.4 Å². The zero-order chi connectivity index (χ0) is 82.9. The van der Waals surface area contributed by atoms with Gasteiger partial charge in [-0.3, -0.25) is 37.3 Å². The van der Waals surface area contributed by atoms with E-state index in [4.69, 9.17) is 37.0 Å². The van der Waals surface area contributed by atoms with Gasteiger partial charge in [-0.15, -0.1) is 0 Å². The molecular weight excluding hydrogens is 1460 g/mol. The van der Waals surface area contributed by atoms with Crippen LogP contribution in [-0.4, -0.2) is 96.7 Å². The van der Waals surface area contributed by atoms with Crippen molar-refractivity contribution in [3.05, 3.63) is 0 Å². The number of carbonyl (C=O) groups excluding carboxylic acids is 4. The lowest BCUT2D eigenvalue weighted by atomic mass is 9.99. The van der Waals surface area contributed by atoms with Gasteiger partial charge in [0.25, 0.3) is 0 Å². The minimum absolute atomic E-state index is 0.108. The Morgan fingerprint density at radius 2 is 0.451 bits per heavy atom. The van der Waals surface area contributed by atoms with Crippen LogP contribution in [0.15, 0.2) is 0 Å². The van der Waals surface area contributed by atoms with E-state index in [1.54, 1.807) is 0 Å². The maximum atomic E-state index is 13.2. The third-order valence-electron chi connectivity index (χ3n) is 22.9. The molecule has 19 heteroatoms. The van der Waals surface area contributed by atoms with Crippen molar-refractivity contribution in [2.75, 3.05) is 39.6 Å². The molecule has 0 heterocycles. The number of ether oxygens (including phenoxy) is 4. The Morgan fingerprint density at radius 1 is 0.257 bits per heavy atom. The van der Waals surface area contributed by atoms with E-state index in [1.807, 2.05) is 0 Å². The lowest BCUT2D eigenvalue weighted by Gasteiger charge is -2.21. The summed E-state index contributed by atoms with van der Waals surface area (Å²) in [6.07, 6.45) is 77.7. The summed E-state index contributed by atoms with van der Waals surface area (Å²) in [6, 6.07) is 0. The topological polar surface area (TPSA) is 237 Å². The van der Waals surface area contributed by atoms with Crippen molar-refractivity contribution in [3.63, 3.8) is 0 Å². The molecule has 0 spiro atoms.